The molecule has 2 aliphatic rings. The van der Waals surface area contributed by atoms with E-state index in [0.717, 1.165) is 23.0 Å². The average molecular weight is 364 g/mol. The lowest BCUT2D eigenvalue weighted by Gasteiger charge is -2.18. The predicted octanol–water partition coefficient (Wildman–Crippen LogP) is 3.01. The number of hydrazone groups is 1. The van der Waals surface area contributed by atoms with Gasteiger partial charge >= 0.3 is 0 Å². The second-order valence-electron chi connectivity index (χ2n) is 6.08. The Morgan fingerprint density at radius 3 is 2.46 bits per heavy atom. The highest BCUT2D eigenvalue weighted by Crippen LogP contribution is 2.41. The fourth-order valence-corrected chi connectivity index (χ4v) is 4.03. The fraction of sp³-hybridized carbons (Fsp3) is 0.158. The van der Waals surface area contributed by atoms with Gasteiger partial charge in [0, 0.05) is 0 Å². The molecule has 7 heteroatoms. The maximum Gasteiger partial charge on any atom is 0.279 e. The van der Waals surface area contributed by atoms with Crippen molar-refractivity contribution in [2.45, 2.75) is 18.6 Å². The van der Waals surface area contributed by atoms with Gasteiger partial charge in [0.2, 0.25) is 4.75 Å². The number of rotatable bonds is 2. The normalized spacial score (nSPS) is 23.7. The van der Waals surface area contributed by atoms with Gasteiger partial charge in [0.1, 0.15) is 0 Å². The van der Waals surface area contributed by atoms with Gasteiger partial charge in [-0.2, -0.15) is 10.1 Å². The van der Waals surface area contributed by atoms with E-state index >= 15 is 0 Å². The first-order valence-electron chi connectivity index (χ1n) is 8.12. The number of para-hydroxylation sites is 2. The van der Waals surface area contributed by atoms with Crippen LogP contribution in [0.2, 0.25) is 0 Å². The first-order chi connectivity index (χ1) is 12.5. The van der Waals surface area contributed by atoms with Crippen LogP contribution in [-0.4, -0.2) is 27.4 Å². The summed E-state index contributed by atoms with van der Waals surface area (Å²) in [7, 11) is 0. The van der Waals surface area contributed by atoms with Crippen molar-refractivity contribution in [1.82, 2.24) is 5.32 Å². The smallest absolute Gasteiger partial charge is 0.279 e. The molecule has 0 aliphatic carbocycles. The summed E-state index contributed by atoms with van der Waals surface area (Å²) in [6.45, 7) is 3.64. The SMILES string of the molecule is CC1=NN(c2ccccc2)C(=O)C12SC(=Nc1ccccc1C)NC2=O. The average Bonchev–Trinajstić information content (AvgIpc) is 3.10. The summed E-state index contributed by atoms with van der Waals surface area (Å²) < 4.78 is -1.39. The van der Waals surface area contributed by atoms with Gasteiger partial charge in [0.25, 0.3) is 11.8 Å². The number of thioether (sulfide) groups is 1. The van der Waals surface area contributed by atoms with Crippen molar-refractivity contribution in [3.63, 3.8) is 0 Å². The minimum atomic E-state index is -1.39. The number of benzene rings is 2. The third kappa shape index (κ3) is 2.43. The minimum absolute atomic E-state index is 0.376. The Balaban J connectivity index is 1.69. The van der Waals surface area contributed by atoms with Crippen molar-refractivity contribution in [3.8, 4) is 0 Å². The molecule has 0 bridgehead atoms. The standard InChI is InChI=1S/C19H16N4O2S/c1-12-8-6-7-11-15(12)20-18-21-16(24)19(26-18)13(2)22-23(17(19)25)14-9-4-3-5-10-14/h3-11H,1-2H3,(H,20,21,24). The summed E-state index contributed by atoms with van der Waals surface area (Å²) >= 11 is 1.11. The molecule has 2 aliphatic heterocycles. The van der Waals surface area contributed by atoms with Crippen LogP contribution >= 0.6 is 11.8 Å². The van der Waals surface area contributed by atoms with Gasteiger partial charge in [-0.15, -0.1) is 0 Å². The number of amides is 2. The predicted molar refractivity (Wildman–Crippen MR) is 104 cm³/mol. The molecule has 1 atom stereocenters. The van der Waals surface area contributed by atoms with E-state index in [2.05, 4.69) is 15.4 Å². The number of nitrogens with zero attached hydrogens (tertiary/aromatic N) is 3. The Kier molecular flexibility index (Phi) is 3.88. The molecule has 0 aromatic heterocycles. The molecule has 130 valence electrons. The monoisotopic (exact) mass is 364 g/mol. The number of hydrogen-bond donors (Lipinski definition) is 1. The van der Waals surface area contributed by atoms with Crippen molar-refractivity contribution in [2.75, 3.05) is 5.01 Å². The number of aliphatic imine (C=N–C) groups is 1. The lowest BCUT2D eigenvalue weighted by molar-refractivity contribution is -0.127. The van der Waals surface area contributed by atoms with Gasteiger partial charge < -0.3 is 5.32 Å². The Hall–Kier alpha value is -2.93. The highest BCUT2D eigenvalue weighted by atomic mass is 32.2. The van der Waals surface area contributed by atoms with Crippen LogP contribution in [0, 0.1) is 6.92 Å². The summed E-state index contributed by atoms with van der Waals surface area (Å²) in [5.74, 6) is -0.779. The van der Waals surface area contributed by atoms with E-state index in [1.54, 1.807) is 19.1 Å². The van der Waals surface area contributed by atoms with E-state index < -0.39 is 10.7 Å². The largest absolute Gasteiger partial charge is 0.303 e. The lowest BCUT2D eigenvalue weighted by Crippen LogP contribution is -2.49. The Morgan fingerprint density at radius 1 is 1.04 bits per heavy atom. The van der Waals surface area contributed by atoms with Crippen molar-refractivity contribution in [3.05, 3.63) is 60.2 Å². The van der Waals surface area contributed by atoms with Crippen LogP contribution in [-0.2, 0) is 9.59 Å². The number of carbonyl (C=O) groups is 2. The van der Waals surface area contributed by atoms with Gasteiger partial charge in [-0.05, 0) is 37.6 Å². The maximum atomic E-state index is 13.1. The molecule has 1 N–H and O–H groups in total. The molecule has 6 nitrogen and oxygen atoms in total. The van der Waals surface area contributed by atoms with E-state index in [0.29, 0.717) is 16.6 Å². The van der Waals surface area contributed by atoms with Gasteiger partial charge in [-0.25, -0.2) is 4.99 Å². The quantitative estimate of drug-likeness (QED) is 0.833. The maximum absolute atomic E-state index is 13.1. The molecule has 2 heterocycles. The van der Waals surface area contributed by atoms with Crippen LogP contribution in [0.5, 0.6) is 0 Å². The molecule has 0 saturated carbocycles. The number of hydrogen-bond acceptors (Lipinski definition) is 5. The summed E-state index contributed by atoms with van der Waals surface area (Å²) in [5.41, 5.74) is 2.83. The molecule has 0 radical (unpaired) electrons. The molecule has 2 aromatic rings. The number of aryl methyl sites for hydroxylation is 1. The molecule has 2 aromatic carbocycles. The van der Waals surface area contributed by atoms with E-state index in [9.17, 15) is 9.59 Å². The van der Waals surface area contributed by atoms with Crippen molar-refractivity contribution in [1.29, 1.82) is 0 Å². The van der Waals surface area contributed by atoms with E-state index in [1.165, 1.54) is 5.01 Å². The highest BCUT2D eigenvalue weighted by molar-refractivity contribution is 8.17. The zero-order valence-corrected chi connectivity index (χ0v) is 15.1. The van der Waals surface area contributed by atoms with Crippen LogP contribution < -0.4 is 10.3 Å². The minimum Gasteiger partial charge on any atom is -0.303 e. The number of carbonyl (C=O) groups excluding carboxylic acids is 2. The van der Waals surface area contributed by atoms with Gasteiger partial charge in [0.05, 0.1) is 17.1 Å². The Bertz CT molecular complexity index is 971. The molecule has 26 heavy (non-hydrogen) atoms. The molecule has 4 rings (SSSR count). The molecule has 1 spiro atoms. The number of amidine groups is 1. The zero-order chi connectivity index (χ0) is 18.3. The second kappa shape index (κ2) is 6.10. The molecule has 2 amide bonds. The summed E-state index contributed by atoms with van der Waals surface area (Å²) in [6.07, 6.45) is 0. The third-order valence-electron chi connectivity index (χ3n) is 4.38. The topological polar surface area (TPSA) is 74.1 Å². The highest BCUT2D eigenvalue weighted by Gasteiger charge is 2.61. The summed E-state index contributed by atoms with van der Waals surface area (Å²) in [5, 5.41) is 8.78. The Labute approximate surface area is 155 Å². The molecular formula is C19H16N4O2S. The van der Waals surface area contributed by atoms with Crippen LogP contribution in [0.3, 0.4) is 0 Å². The van der Waals surface area contributed by atoms with Gasteiger partial charge in [-0.1, -0.05) is 48.2 Å². The first-order valence-corrected chi connectivity index (χ1v) is 8.94. The Morgan fingerprint density at radius 2 is 1.73 bits per heavy atom. The third-order valence-corrected chi connectivity index (χ3v) is 5.73. The van der Waals surface area contributed by atoms with Crippen molar-refractivity contribution < 1.29 is 9.59 Å². The lowest BCUT2D eigenvalue weighted by atomic mass is 10.0. The van der Waals surface area contributed by atoms with Gasteiger partial charge in [0.15, 0.2) is 5.17 Å². The van der Waals surface area contributed by atoms with Gasteiger partial charge in [-0.3, -0.25) is 9.59 Å². The summed E-state index contributed by atoms with van der Waals surface area (Å²) in [6, 6.07) is 16.7. The second-order valence-corrected chi connectivity index (χ2v) is 7.28. The zero-order valence-electron chi connectivity index (χ0n) is 14.3. The first kappa shape index (κ1) is 16.5. The molecule has 1 fully saturated rings. The van der Waals surface area contributed by atoms with E-state index in [-0.39, 0.29) is 5.91 Å². The fourth-order valence-electron chi connectivity index (χ4n) is 2.94. The number of nitrogens with one attached hydrogen (secondary N) is 1. The van der Waals surface area contributed by atoms with Crippen molar-refractivity contribution >= 4 is 45.8 Å². The summed E-state index contributed by atoms with van der Waals surface area (Å²) in [4.78, 5) is 30.3. The molecular weight excluding hydrogens is 348 g/mol. The van der Waals surface area contributed by atoms with Crippen LogP contribution in [0.15, 0.2) is 64.7 Å². The number of anilines is 1. The molecule has 1 saturated heterocycles. The van der Waals surface area contributed by atoms with E-state index in [4.69, 9.17) is 0 Å². The molecule has 1 unspecified atom stereocenters. The van der Waals surface area contributed by atoms with Crippen LogP contribution in [0.1, 0.15) is 12.5 Å². The van der Waals surface area contributed by atoms with Crippen molar-refractivity contribution in [2.24, 2.45) is 10.1 Å². The van der Waals surface area contributed by atoms with Crippen LogP contribution in [0.25, 0.3) is 0 Å². The van der Waals surface area contributed by atoms with Crippen LogP contribution in [0.4, 0.5) is 11.4 Å². The van der Waals surface area contributed by atoms with E-state index in [1.807, 2.05) is 49.4 Å².